The molecule has 1 aliphatic heterocycles. The molecule has 0 saturated heterocycles. The summed E-state index contributed by atoms with van der Waals surface area (Å²) in [5.74, 6) is -0.0955. The number of anilines is 1. The molecule has 0 saturated carbocycles. The summed E-state index contributed by atoms with van der Waals surface area (Å²) in [5.41, 5.74) is 1.66. The molecule has 0 unspecified atom stereocenters. The van der Waals surface area contributed by atoms with Crippen molar-refractivity contribution in [3.63, 3.8) is 0 Å². The summed E-state index contributed by atoms with van der Waals surface area (Å²) < 4.78 is 4.41. The minimum Gasteiger partial charge on any atom is -0.469 e. The Kier molecular flexibility index (Phi) is 5.20. The van der Waals surface area contributed by atoms with E-state index in [0.717, 1.165) is 24.1 Å². The molecule has 2 bridgehead atoms. The molecule has 1 aromatic rings. The molecule has 17 heavy (non-hydrogen) atoms. The third kappa shape index (κ3) is 4.26. The van der Waals surface area contributed by atoms with Gasteiger partial charge in [0.15, 0.2) is 0 Å². The monoisotopic (exact) mass is 235 g/mol. The highest BCUT2D eigenvalue weighted by molar-refractivity contribution is 6.09. The van der Waals surface area contributed by atoms with Gasteiger partial charge < -0.3 is 10.1 Å². The summed E-state index contributed by atoms with van der Waals surface area (Å²) in [6.07, 6.45) is 2.55. The average Bonchev–Trinajstić information content (AvgIpc) is 2.60. The van der Waals surface area contributed by atoms with Crippen LogP contribution in [0.5, 0.6) is 0 Å². The minimum atomic E-state index is -0.105. The lowest BCUT2D eigenvalue weighted by molar-refractivity contribution is -0.140. The van der Waals surface area contributed by atoms with Crippen molar-refractivity contribution in [2.24, 2.45) is 0 Å². The van der Waals surface area contributed by atoms with E-state index in [2.05, 4.69) is 10.1 Å². The number of benzene rings is 1. The van der Waals surface area contributed by atoms with Crippen LogP contribution in [0.3, 0.4) is 0 Å². The first-order valence-electron chi connectivity index (χ1n) is 5.65. The van der Waals surface area contributed by atoms with Gasteiger partial charge in [-0.05, 0) is 24.6 Å². The SMILES string of the molecule is CCCCC(=O)OC.O=C1Nc2cccc1c2. The number of methoxy groups -OCH3 is 1. The maximum Gasteiger partial charge on any atom is 0.305 e. The Hall–Kier alpha value is -1.84. The molecule has 1 heterocycles. The fourth-order valence-electron chi connectivity index (χ4n) is 1.36. The highest BCUT2D eigenvalue weighted by Crippen LogP contribution is 2.17. The number of carbonyl (C=O) groups is 2. The van der Waals surface area contributed by atoms with Crippen molar-refractivity contribution >= 4 is 17.6 Å². The highest BCUT2D eigenvalue weighted by atomic mass is 16.5. The molecule has 4 heteroatoms. The summed E-state index contributed by atoms with van der Waals surface area (Å²) in [4.78, 5) is 21.1. The summed E-state index contributed by atoms with van der Waals surface area (Å²) in [5, 5.41) is 2.68. The van der Waals surface area contributed by atoms with Gasteiger partial charge in [-0.15, -0.1) is 0 Å². The van der Waals surface area contributed by atoms with Gasteiger partial charge >= 0.3 is 5.97 Å². The Morgan fingerprint density at radius 1 is 1.41 bits per heavy atom. The van der Waals surface area contributed by atoms with E-state index >= 15 is 0 Å². The highest BCUT2D eigenvalue weighted by Gasteiger charge is 2.12. The van der Waals surface area contributed by atoms with Crippen molar-refractivity contribution in [2.45, 2.75) is 26.2 Å². The van der Waals surface area contributed by atoms with Crippen LogP contribution in [0.1, 0.15) is 36.5 Å². The molecule has 0 aliphatic carbocycles. The van der Waals surface area contributed by atoms with Crippen molar-refractivity contribution in [1.82, 2.24) is 0 Å². The van der Waals surface area contributed by atoms with Crippen LogP contribution in [0.15, 0.2) is 24.3 Å². The molecule has 1 aliphatic rings. The van der Waals surface area contributed by atoms with E-state index in [9.17, 15) is 9.59 Å². The summed E-state index contributed by atoms with van der Waals surface area (Å²) >= 11 is 0. The zero-order valence-electron chi connectivity index (χ0n) is 10.2. The van der Waals surface area contributed by atoms with Gasteiger partial charge in [-0.25, -0.2) is 0 Å². The largest absolute Gasteiger partial charge is 0.469 e. The molecule has 0 spiro atoms. The van der Waals surface area contributed by atoms with Crippen molar-refractivity contribution in [3.05, 3.63) is 29.8 Å². The van der Waals surface area contributed by atoms with Crippen LogP contribution in [0.25, 0.3) is 0 Å². The lowest BCUT2D eigenvalue weighted by atomic mass is 10.2. The molecule has 1 aromatic carbocycles. The predicted octanol–water partition coefficient (Wildman–Crippen LogP) is 2.60. The number of nitrogens with one attached hydrogen (secondary N) is 1. The van der Waals surface area contributed by atoms with Crippen LogP contribution in [0.4, 0.5) is 5.69 Å². The Balaban J connectivity index is 0.000000172. The molecule has 0 radical (unpaired) electrons. The number of amides is 1. The second-order valence-electron chi connectivity index (χ2n) is 3.71. The van der Waals surface area contributed by atoms with E-state index in [4.69, 9.17) is 0 Å². The van der Waals surface area contributed by atoms with E-state index in [0.29, 0.717) is 6.42 Å². The molecule has 4 nitrogen and oxygen atoms in total. The Morgan fingerprint density at radius 3 is 2.71 bits per heavy atom. The van der Waals surface area contributed by atoms with E-state index in [1.54, 1.807) is 6.07 Å². The van der Waals surface area contributed by atoms with Crippen LogP contribution in [0.2, 0.25) is 0 Å². The topological polar surface area (TPSA) is 55.4 Å². The molecular formula is C13H17NO3. The number of rotatable bonds is 3. The van der Waals surface area contributed by atoms with Crippen LogP contribution >= 0.6 is 0 Å². The maximum absolute atomic E-state index is 10.8. The Labute approximate surface area is 101 Å². The Morgan fingerprint density at radius 2 is 2.18 bits per heavy atom. The van der Waals surface area contributed by atoms with Gasteiger partial charge in [0.05, 0.1) is 7.11 Å². The number of carbonyl (C=O) groups excluding carboxylic acids is 2. The summed E-state index contributed by atoms with van der Waals surface area (Å²) in [7, 11) is 1.41. The molecule has 1 N–H and O–H groups in total. The average molecular weight is 235 g/mol. The predicted molar refractivity (Wildman–Crippen MR) is 65.9 cm³/mol. The second kappa shape index (κ2) is 6.68. The van der Waals surface area contributed by atoms with E-state index in [1.165, 1.54) is 7.11 Å². The summed E-state index contributed by atoms with van der Waals surface area (Å²) in [6, 6.07) is 7.37. The van der Waals surface area contributed by atoms with Crippen LogP contribution < -0.4 is 5.32 Å². The number of hydrogen-bond donors (Lipinski definition) is 1. The third-order valence-electron chi connectivity index (χ3n) is 2.34. The van der Waals surface area contributed by atoms with Gasteiger partial charge in [-0.3, -0.25) is 9.59 Å². The first-order chi connectivity index (χ1) is 8.17. The van der Waals surface area contributed by atoms with Crippen molar-refractivity contribution in [1.29, 1.82) is 0 Å². The van der Waals surface area contributed by atoms with Gasteiger partial charge in [-0.1, -0.05) is 19.4 Å². The molecular weight excluding hydrogens is 218 g/mol. The number of unbranched alkanes of at least 4 members (excludes halogenated alkanes) is 1. The molecule has 0 atom stereocenters. The van der Waals surface area contributed by atoms with Crippen LogP contribution in [0, 0.1) is 0 Å². The fourth-order valence-corrected chi connectivity index (χ4v) is 1.36. The van der Waals surface area contributed by atoms with Crippen LogP contribution in [-0.2, 0) is 9.53 Å². The van der Waals surface area contributed by atoms with Gasteiger partial charge in [-0.2, -0.15) is 0 Å². The second-order valence-corrected chi connectivity index (χ2v) is 3.71. The Bertz CT molecular complexity index is 401. The minimum absolute atomic E-state index is 0.00926. The van der Waals surface area contributed by atoms with Crippen molar-refractivity contribution < 1.29 is 14.3 Å². The molecule has 0 fully saturated rings. The van der Waals surface area contributed by atoms with Crippen molar-refractivity contribution in [2.75, 3.05) is 12.4 Å². The number of esters is 1. The van der Waals surface area contributed by atoms with Crippen molar-refractivity contribution in [3.8, 4) is 0 Å². The van der Waals surface area contributed by atoms with Crippen LogP contribution in [-0.4, -0.2) is 19.0 Å². The molecule has 0 aromatic heterocycles. The van der Waals surface area contributed by atoms with E-state index < -0.39 is 0 Å². The zero-order chi connectivity index (χ0) is 12.7. The normalized spacial score (nSPS) is 11.3. The lowest BCUT2D eigenvalue weighted by Gasteiger charge is -1.93. The van der Waals surface area contributed by atoms with Gasteiger partial charge in [0.1, 0.15) is 0 Å². The number of hydrogen-bond acceptors (Lipinski definition) is 3. The zero-order valence-corrected chi connectivity index (χ0v) is 10.2. The first kappa shape index (κ1) is 13.2. The standard InChI is InChI=1S/C7H5NO.C6H12O2/c9-7-5-2-1-3-6(4-5)8-7;1-3-4-5-6(7)8-2/h1-4H,(H,8,9);3-5H2,1-2H3. The lowest BCUT2D eigenvalue weighted by Crippen LogP contribution is -2.02. The molecule has 2 rings (SSSR count). The van der Waals surface area contributed by atoms with Gasteiger partial charge in [0, 0.05) is 17.7 Å². The molecule has 1 amide bonds. The van der Waals surface area contributed by atoms with E-state index in [1.807, 2.05) is 25.1 Å². The number of ether oxygens (including phenoxy) is 1. The van der Waals surface area contributed by atoms with Gasteiger partial charge in [0.25, 0.3) is 5.91 Å². The third-order valence-corrected chi connectivity index (χ3v) is 2.34. The maximum atomic E-state index is 10.8. The number of fused-ring (bicyclic) bond motifs is 2. The quantitative estimate of drug-likeness (QED) is 0.819. The van der Waals surface area contributed by atoms with E-state index in [-0.39, 0.29) is 11.9 Å². The van der Waals surface area contributed by atoms with Gasteiger partial charge in [0.2, 0.25) is 0 Å². The smallest absolute Gasteiger partial charge is 0.305 e. The summed E-state index contributed by atoms with van der Waals surface area (Å²) in [6.45, 7) is 2.04. The first-order valence-corrected chi connectivity index (χ1v) is 5.65. The fraction of sp³-hybridized carbons (Fsp3) is 0.385. The molecule has 92 valence electrons.